The second kappa shape index (κ2) is 5.87. The molecule has 0 atom stereocenters. The standard InChI is InChI=1S/C15H21N4S/c1-19(2)9-11-3-5-12(6-4-11)18-14-13-7-8-20-15(13)17-10-16-14/h7-12H,3-6H2,1-2H3,(H,16,17,18)/q+1. The minimum atomic E-state index is 0.541. The van der Waals surface area contributed by atoms with Crippen molar-refractivity contribution in [1.29, 1.82) is 0 Å². The molecule has 0 radical (unpaired) electrons. The van der Waals surface area contributed by atoms with Crippen molar-refractivity contribution in [3.8, 4) is 0 Å². The van der Waals surface area contributed by atoms with Crippen LogP contribution in [0.15, 0.2) is 17.8 Å². The van der Waals surface area contributed by atoms with Gasteiger partial charge in [0.05, 0.1) is 5.39 Å². The van der Waals surface area contributed by atoms with Gasteiger partial charge < -0.3 is 5.32 Å². The average molecular weight is 289 g/mol. The maximum Gasteiger partial charge on any atom is 0.142 e. The molecule has 1 aliphatic rings. The highest BCUT2D eigenvalue weighted by Gasteiger charge is 2.22. The van der Waals surface area contributed by atoms with E-state index < -0.39 is 0 Å². The molecular formula is C15H21N4S+. The molecule has 3 rings (SSSR count). The monoisotopic (exact) mass is 289 g/mol. The summed E-state index contributed by atoms with van der Waals surface area (Å²) in [5, 5.41) is 6.84. The number of nitrogens with zero attached hydrogens (tertiary/aromatic N) is 3. The number of nitrogens with one attached hydrogen (secondary N) is 1. The molecule has 0 aromatic carbocycles. The number of aromatic nitrogens is 2. The molecule has 0 aliphatic heterocycles. The van der Waals surface area contributed by atoms with Crippen molar-refractivity contribution >= 4 is 33.6 Å². The summed E-state index contributed by atoms with van der Waals surface area (Å²) in [6.45, 7) is 0. The van der Waals surface area contributed by atoms with E-state index in [2.05, 4.69) is 51.6 Å². The number of fused-ring (bicyclic) bond motifs is 1. The molecule has 0 saturated heterocycles. The highest BCUT2D eigenvalue weighted by molar-refractivity contribution is 7.16. The van der Waals surface area contributed by atoms with Crippen LogP contribution < -0.4 is 5.32 Å². The van der Waals surface area contributed by atoms with Crippen LogP contribution in [0.5, 0.6) is 0 Å². The lowest BCUT2D eigenvalue weighted by Gasteiger charge is -2.26. The summed E-state index contributed by atoms with van der Waals surface area (Å²) < 4.78 is 2.18. The van der Waals surface area contributed by atoms with Gasteiger partial charge in [0.1, 0.15) is 37.3 Å². The first-order chi connectivity index (χ1) is 9.72. The number of thiophene rings is 1. The van der Waals surface area contributed by atoms with Crippen LogP contribution in [-0.4, -0.2) is 40.9 Å². The Bertz CT molecular complexity index is 607. The Labute approximate surface area is 123 Å². The summed E-state index contributed by atoms with van der Waals surface area (Å²) in [6, 6.07) is 2.65. The molecule has 1 aliphatic carbocycles. The fourth-order valence-corrected chi connectivity index (χ4v) is 3.67. The summed E-state index contributed by atoms with van der Waals surface area (Å²) in [5.74, 6) is 1.73. The van der Waals surface area contributed by atoms with Gasteiger partial charge in [-0.3, -0.25) is 0 Å². The van der Waals surface area contributed by atoms with Gasteiger partial charge in [-0.15, -0.1) is 11.3 Å². The number of anilines is 1. The van der Waals surface area contributed by atoms with Gasteiger partial charge in [-0.2, -0.15) is 0 Å². The van der Waals surface area contributed by atoms with Crippen LogP contribution >= 0.6 is 11.3 Å². The smallest absolute Gasteiger partial charge is 0.142 e. The molecule has 5 heteroatoms. The Morgan fingerprint density at radius 1 is 1.25 bits per heavy atom. The van der Waals surface area contributed by atoms with Gasteiger partial charge >= 0.3 is 0 Å². The normalized spacial score (nSPS) is 22.7. The van der Waals surface area contributed by atoms with E-state index >= 15 is 0 Å². The molecule has 1 saturated carbocycles. The van der Waals surface area contributed by atoms with Gasteiger partial charge in [0.25, 0.3) is 0 Å². The van der Waals surface area contributed by atoms with Crippen molar-refractivity contribution < 1.29 is 4.58 Å². The Kier molecular flexibility index (Phi) is 3.96. The molecule has 1 N–H and O–H groups in total. The number of hydrogen-bond donors (Lipinski definition) is 1. The lowest BCUT2D eigenvalue weighted by molar-refractivity contribution is -0.462. The van der Waals surface area contributed by atoms with Crippen LogP contribution in [0.4, 0.5) is 5.82 Å². The Balaban J connectivity index is 1.65. The van der Waals surface area contributed by atoms with E-state index in [4.69, 9.17) is 0 Å². The summed E-state index contributed by atoms with van der Waals surface area (Å²) in [4.78, 5) is 9.77. The van der Waals surface area contributed by atoms with Crippen LogP contribution in [0, 0.1) is 5.92 Å². The zero-order valence-electron chi connectivity index (χ0n) is 12.0. The summed E-state index contributed by atoms with van der Waals surface area (Å²) in [7, 11) is 4.22. The van der Waals surface area contributed by atoms with Crippen LogP contribution in [0.3, 0.4) is 0 Å². The fraction of sp³-hybridized carbons (Fsp3) is 0.533. The molecule has 2 aromatic rings. The minimum Gasteiger partial charge on any atom is -0.367 e. The first-order valence-electron chi connectivity index (χ1n) is 7.18. The van der Waals surface area contributed by atoms with Crippen molar-refractivity contribution in [2.75, 3.05) is 19.4 Å². The Hall–Kier alpha value is -1.49. The van der Waals surface area contributed by atoms with Crippen molar-refractivity contribution in [3.63, 3.8) is 0 Å². The molecule has 20 heavy (non-hydrogen) atoms. The predicted molar refractivity (Wildman–Crippen MR) is 85.0 cm³/mol. The van der Waals surface area contributed by atoms with E-state index in [1.165, 1.54) is 25.7 Å². The molecule has 2 heterocycles. The van der Waals surface area contributed by atoms with Crippen molar-refractivity contribution in [1.82, 2.24) is 9.97 Å². The second-order valence-electron chi connectivity index (χ2n) is 5.73. The summed E-state index contributed by atoms with van der Waals surface area (Å²) >= 11 is 1.67. The van der Waals surface area contributed by atoms with Crippen molar-refractivity contribution in [3.05, 3.63) is 17.8 Å². The van der Waals surface area contributed by atoms with Gasteiger partial charge in [-0.1, -0.05) is 0 Å². The van der Waals surface area contributed by atoms with Gasteiger partial charge in [0, 0.05) is 12.0 Å². The van der Waals surface area contributed by atoms with Gasteiger partial charge in [-0.25, -0.2) is 14.5 Å². The van der Waals surface area contributed by atoms with Crippen LogP contribution in [0.2, 0.25) is 0 Å². The van der Waals surface area contributed by atoms with E-state index in [0.29, 0.717) is 6.04 Å². The van der Waals surface area contributed by atoms with Gasteiger partial charge in [0.15, 0.2) is 0 Å². The highest BCUT2D eigenvalue weighted by Crippen LogP contribution is 2.28. The van der Waals surface area contributed by atoms with Gasteiger partial charge in [-0.05, 0) is 37.1 Å². The molecule has 0 unspecified atom stereocenters. The first kappa shape index (κ1) is 13.5. The average Bonchev–Trinajstić information content (AvgIpc) is 2.90. The number of hydrogen-bond acceptors (Lipinski definition) is 4. The zero-order valence-corrected chi connectivity index (χ0v) is 12.9. The SMILES string of the molecule is C[N+](C)=CC1CCC(Nc2ncnc3sccc23)CC1. The van der Waals surface area contributed by atoms with Crippen LogP contribution in [-0.2, 0) is 0 Å². The zero-order chi connectivity index (χ0) is 13.9. The highest BCUT2D eigenvalue weighted by atomic mass is 32.1. The predicted octanol–water partition coefficient (Wildman–Crippen LogP) is 3.00. The van der Waals surface area contributed by atoms with Crippen LogP contribution in [0.1, 0.15) is 25.7 Å². The van der Waals surface area contributed by atoms with E-state index in [1.54, 1.807) is 17.7 Å². The molecule has 106 valence electrons. The third-order valence-corrected chi connectivity index (χ3v) is 4.70. The summed E-state index contributed by atoms with van der Waals surface area (Å²) in [6.07, 6.45) is 8.95. The molecule has 0 amide bonds. The van der Waals surface area contributed by atoms with E-state index in [1.807, 2.05) is 0 Å². The molecule has 0 spiro atoms. The largest absolute Gasteiger partial charge is 0.367 e. The molecule has 0 bridgehead atoms. The topological polar surface area (TPSA) is 40.8 Å². The van der Waals surface area contributed by atoms with E-state index in [0.717, 1.165) is 22.0 Å². The quantitative estimate of drug-likeness (QED) is 0.697. The van der Waals surface area contributed by atoms with Crippen LogP contribution in [0.25, 0.3) is 10.2 Å². The van der Waals surface area contributed by atoms with E-state index in [9.17, 15) is 0 Å². The maximum absolute atomic E-state index is 4.41. The van der Waals surface area contributed by atoms with Gasteiger partial charge in [0.2, 0.25) is 0 Å². The summed E-state index contributed by atoms with van der Waals surface area (Å²) in [5.41, 5.74) is 0. The second-order valence-corrected chi connectivity index (χ2v) is 6.62. The molecule has 2 aromatic heterocycles. The lowest BCUT2D eigenvalue weighted by Crippen LogP contribution is -2.28. The Morgan fingerprint density at radius 2 is 2.05 bits per heavy atom. The van der Waals surface area contributed by atoms with Crippen molar-refractivity contribution in [2.24, 2.45) is 5.92 Å². The fourth-order valence-electron chi connectivity index (χ4n) is 2.93. The number of rotatable bonds is 3. The maximum atomic E-state index is 4.41. The molecule has 4 nitrogen and oxygen atoms in total. The third-order valence-electron chi connectivity index (χ3n) is 3.88. The molecular weight excluding hydrogens is 268 g/mol. The minimum absolute atomic E-state index is 0.541. The first-order valence-corrected chi connectivity index (χ1v) is 8.06. The lowest BCUT2D eigenvalue weighted by atomic mass is 9.86. The third kappa shape index (κ3) is 2.98. The Morgan fingerprint density at radius 3 is 2.80 bits per heavy atom. The molecule has 1 fully saturated rings. The van der Waals surface area contributed by atoms with Crippen molar-refractivity contribution in [2.45, 2.75) is 31.7 Å². The van der Waals surface area contributed by atoms with E-state index in [-0.39, 0.29) is 0 Å².